The van der Waals surface area contributed by atoms with Gasteiger partial charge in [0.05, 0.1) is 20.3 Å². The fourth-order valence-corrected chi connectivity index (χ4v) is 1.87. The molecule has 19 heavy (non-hydrogen) atoms. The highest BCUT2D eigenvalue weighted by molar-refractivity contribution is 5.99. The molecule has 1 fully saturated rings. The van der Waals surface area contributed by atoms with Gasteiger partial charge >= 0.3 is 0 Å². The Bertz CT molecular complexity index is 557. The van der Waals surface area contributed by atoms with Crippen molar-refractivity contribution in [2.24, 2.45) is 5.41 Å². The van der Waals surface area contributed by atoms with E-state index < -0.39 is 5.41 Å². The van der Waals surface area contributed by atoms with Gasteiger partial charge in [0.15, 0.2) is 11.5 Å². The van der Waals surface area contributed by atoms with Crippen molar-refractivity contribution >= 4 is 11.6 Å². The highest BCUT2D eigenvalue weighted by Crippen LogP contribution is 2.46. The molecule has 1 amide bonds. The first kappa shape index (κ1) is 13.2. The molecule has 0 heterocycles. The van der Waals surface area contributed by atoms with E-state index in [4.69, 9.17) is 14.7 Å². The molecule has 0 aliphatic heterocycles. The molecule has 0 spiro atoms. The summed E-state index contributed by atoms with van der Waals surface area (Å²) in [5.41, 5.74) is 0.670. The standard InChI is InChI=1S/C14H16N2O3/c1-9-6-11(18-2)12(19-3)7-10(9)16-13(17)14(8-15)4-5-14/h6-7H,4-5H2,1-3H3,(H,16,17). The molecular formula is C14H16N2O3. The van der Waals surface area contributed by atoms with Crippen molar-refractivity contribution in [2.75, 3.05) is 19.5 Å². The zero-order chi connectivity index (χ0) is 14.0. The van der Waals surface area contributed by atoms with Crippen molar-refractivity contribution in [3.8, 4) is 17.6 Å². The van der Waals surface area contributed by atoms with Gasteiger partial charge in [-0.1, -0.05) is 0 Å². The number of carbonyl (C=O) groups excluding carboxylic acids is 1. The predicted molar refractivity (Wildman–Crippen MR) is 70.2 cm³/mol. The van der Waals surface area contributed by atoms with Gasteiger partial charge in [0.25, 0.3) is 0 Å². The van der Waals surface area contributed by atoms with Crippen LogP contribution in [0.1, 0.15) is 18.4 Å². The molecule has 2 rings (SSSR count). The topological polar surface area (TPSA) is 71.3 Å². The molecule has 0 atom stereocenters. The number of methoxy groups -OCH3 is 2. The van der Waals surface area contributed by atoms with E-state index >= 15 is 0 Å². The number of nitrogens with zero attached hydrogens (tertiary/aromatic N) is 1. The van der Waals surface area contributed by atoms with Crippen LogP contribution in [0.25, 0.3) is 0 Å². The molecule has 1 aliphatic rings. The molecule has 1 saturated carbocycles. The van der Waals surface area contributed by atoms with Gasteiger partial charge in [-0.2, -0.15) is 5.26 Å². The van der Waals surface area contributed by atoms with Crippen molar-refractivity contribution in [3.05, 3.63) is 17.7 Å². The lowest BCUT2D eigenvalue weighted by Crippen LogP contribution is -2.23. The maximum atomic E-state index is 12.0. The Morgan fingerprint density at radius 1 is 1.32 bits per heavy atom. The number of nitrogens with one attached hydrogen (secondary N) is 1. The van der Waals surface area contributed by atoms with Crippen LogP contribution in [0, 0.1) is 23.7 Å². The number of ether oxygens (including phenoxy) is 2. The lowest BCUT2D eigenvalue weighted by molar-refractivity contribution is -0.119. The summed E-state index contributed by atoms with van der Waals surface area (Å²) in [7, 11) is 3.10. The van der Waals surface area contributed by atoms with Crippen LogP contribution in [-0.2, 0) is 4.79 Å². The smallest absolute Gasteiger partial charge is 0.244 e. The fourth-order valence-electron chi connectivity index (χ4n) is 1.87. The number of anilines is 1. The monoisotopic (exact) mass is 260 g/mol. The van der Waals surface area contributed by atoms with Crippen LogP contribution in [0.5, 0.6) is 11.5 Å². The number of carbonyl (C=O) groups is 1. The first-order chi connectivity index (χ1) is 9.06. The van der Waals surface area contributed by atoms with Gasteiger partial charge in [0, 0.05) is 11.8 Å². The average Bonchev–Trinajstić information content (AvgIpc) is 3.21. The molecule has 1 aromatic rings. The molecule has 1 N–H and O–H groups in total. The summed E-state index contributed by atoms with van der Waals surface area (Å²) in [5.74, 6) is 0.912. The van der Waals surface area contributed by atoms with E-state index in [0.717, 1.165) is 5.56 Å². The normalized spacial score (nSPS) is 15.3. The molecule has 1 aromatic carbocycles. The second-order valence-electron chi connectivity index (χ2n) is 4.67. The van der Waals surface area contributed by atoms with Gasteiger partial charge in [0.2, 0.25) is 5.91 Å². The van der Waals surface area contributed by atoms with Gasteiger partial charge in [-0.05, 0) is 31.4 Å². The zero-order valence-corrected chi connectivity index (χ0v) is 11.2. The highest BCUT2D eigenvalue weighted by atomic mass is 16.5. The van der Waals surface area contributed by atoms with E-state index in [0.29, 0.717) is 30.0 Å². The predicted octanol–water partition coefficient (Wildman–Crippen LogP) is 2.25. The van der Waals surface area contributed by atoms with Crippen LogP contribution >= 0.6 is 0 Å². The molecule has 100 valence electrons. The molecule has 0 bridgehead atoms. The Morgan fingerprint density at radius 2 is 1.89 bits per heavy atom. The summed E-state index contributed by atoms with van der Waals surface area (Å²) in [5, 5.41) is 11.8. The lowest BCUT2D eigenvalue weighted by atomic mass is 10.1. The van der Waals surface area contributed by atoms with Gasteiger partial charge in [0.1, 0.15) is 5.41 Å². The molecule has 5 heteroatoms. The number of amides is 1. The second-order valence-corrected chi connectivity index (χ2v) is 4.67. The minimum absolute atomic E-state index is 0.245. The van der Waals surface area contributed by atoms with Crippen molar-refractivity contribution in [1.82, 2.24) is 0 Å². The maximum absolute atomic E-state index is 12.0. The van der Waals surface area contributed by atoms with E-state index in [2.05, 4.69) is 11.4 Å². The molecular weight excluding hydrogens is 244 g/mol. The number of aryl methyl sites for hydroxylation is 1. The average molecular weight is 260 g/mol. The van der Waals surface area contributed by atoms with Crippen molar-refractivity contribution in [2.45, 2.75) is 19.8 Å². The van der Waals surface area contributed by atoms with E-state index in [1.54, 1.807) is 19.2 Å². The molecule has 0 aromatic heterocycles. The summed E-state index contributed by atoms with van der Waals surface area (Å²) >= 11 is 0. The lowest BCUT2D eigenvalue weighted by Gasteiger charge is -2.14. The highest BCUT2D eigenvalue weighted by Gasteiger charge is 2.50. The number of hydrogen-bond donors (Lipinski definition) is 1. The van der Waals surface area contributed by atoms with Gasteiger partial charge < -0.3 is 14.8 Å². The van der Waals surface area contributed by atoms with E-state index in [1.165, 1.54) is 7.11 Å². The Hall–Kier alpha value is -2.22. The van der Waals surface area contributed by atoms with E-state index in [1.807, 2.05) is 6.92 Å². The molecule has 0 unspecified atom stereocenters. The summed E-state index contributed by atoms with van der Waals surface area (Å²) in [6.07, 6.45) is 1.25. The molecule has 0 saturated heterocycles. The van der Waals surface area contributed by atoms with E-state index in [-0.39, 0.29) is 5.91 Å². The summed E-state index contributed by atoms with van der Waals surface area (Å²) < 4.78 is 10.4. The van der Waals surface area contributed by atoms with Crippen LogP contribution in [0.2, 0.25) is 0 Å². The largest absolute Gasteiger partial charge is 0.493 e. The quantitative estimate of drug-likeness (QED) is 0.901. The Balaban J connectivity index is 2.26. The maximum Gasteiger partial charge on any atom is 0.244 e. The van der Waals surface area contributed by atoms with Crippen LogP contribution in [0.4, 0.5) is 5.69 Å². The third kappa shape index (κ3) is 2.34. The van der Waals surface area contributed by atoms with Gasteiger partial charge in [-0.15, -0.1) is 0 Å². The molecule has 0 radical (unpaired) electrons. The van der Waals surface area contributed by atoms with Crippen LogP contribution in [0.15, 0.2) is 12.1 Å². The number of benzene rings is 1. The second kappa shape index (κ2) is 4.81. The first-order valence-corrected chi connectivity index (χ1v) is 6.01. The number of rotatable bonds is 4. The van der Waals surface area contributed by atoms with Crippen LogP contribution < -0.4 is 14.8 Å². The fraction of sp³-hybridized carbons (Fsp3) is 0.429. The number of hydrogen-bond acceptors (Lipinski definition) is 4. The van der Waals surface area contributed by atoms with Crippen molar-refractivity contribution in [3.63, 3.8) is 0 Å². The summed E-state index contributed by atoms with van der Waals surface area (Å²) in [6.45, 7) is 1.86. The first-order valence-electron chi connectivity index (χ1n) is 6.01. The Morgan fingerprint density at radius 3 is 2.37 bits per heavy atom. The Kier molecular flexibility index (Phi) is 3.34. The zero-order valence-electron chi connectivity index (χ0n) is 11.2. The summed E-state index contributed by atoms with van der Waals surface area (Å²) in [6, 6.07) is 5.57. The minimum Gasteiger partial charge on any atom is -0.493 e. The molecule has 5 nitrogen and oxygen atoms in total. The van der Waals surface area contributed by atoms with Gasteiger partial charge in [-0.25, -0.2) is 0 Å². The third-order valence-corrected chi connectivity index (χ3v) is 3.38. The minimum atomic E-state index is -0.834. The van der Waals surface area contributed by atoms with E-state index in [9.17, 15) is 4.79 Å². The Labute approximate surface area is 112 Å². The van der Waals surface area contributed by atoms with Crippen molar-refractivity contribution < 1.29 is 14.3 Å². The van der Waals surface area contributed by atoms with Gasteiger partial charge in [-0.3, -0.25) is 4.79 Å². The molecule has 1 aliphatic carbocycles. The van der Waals surface area contributed by atoms with Crippen molar-refractivity contribution in [1.29, 1.82) is 5.26 Å². The third-order valence-electron chi connectivity index (χ3n) is 3.38. The van der Waals surface area contributed by atoms with Crippen LogP contribution in [0.3, 0.4) is 0 Å². The SMILES string of the molecule is COc1cc(C)c(NC(=O)C2(C#N)CC2)cc1OC. The van der Waals surface area contributed by atoms with Crippen LogP contribution in [-0.4, -0.2) is 20.1 Å². The summed E-state index contributed by atoms with van der Waals surface area (Å²) in [4.78, 5) is 12.0. The number of nitriles is 1.